The first kappa shape index (κ1) is 18.1. The maximum atomic E-state index is 12.5. The fourth-order valence-electron chi connectivity index (χ4n) is 3.34. The number of amides is 1. The van der Waals surface area contributed by atoms with Gasteiger partial charge in [-0.3, -0.25) is 19.6 Å². The summed E-state index contributed by atoms with van der Waals surface area (Å²) in [6, 6.07) is 2.96. The molecule has 1 amide bonds. The van der Waals surface area contributed by atoms with Gasteiger partial charge in [-0.2, -0.15) is 13.2 Å². The van der Waals surface area contributed by atoms with Crippen LogP contribution in [0.15, 0.2) is 18.3 Å². The first-order chi connectivity index (χ1) is 11.8. The van der Waals surface area contributed by atoms with Crippen LogP contribution in [0.4, 0.5) is 13.2 Å². The number of hydrogen-bond donors (Lipinski definition) is 0. The summed E-state index contributed by atoms with van der Waals surface area (Å²) in [6.45, 7) is 9.69. The normalized spacial score (nSPS) is 20.8. The molecule has 0 atom stereocenters. The number of hydrogen-bond acceptors (Lipinski definition) is 4. The maximum absolute atomic E-state index is 12.5. The third-order valence-electron chi connectivity index (χ3n) is 5.05. The van der Waals surface area contributed by atoms with E-state index in [4.69, 9.17) is 0 Å². The number of alkyl halides is 3. The van der Waals surface area contributed by atoms with Gasteiger partial charge in [0.1, 0.15) is 5.69 Å². The molecule has 1 aromatic heterocycles. The van der Waals surface area contributed by atoms with Crippen LogP contribution >= 0.6 is 0 Å². The molecule has 8 heteroatoms. The number of pyridine rings is 1. The van der Waals surface area contributed by atoms with Crippen molar-refractivity contribution in [3.8, 4) is 0 Å². The van der Waals surface area contributed by atoms with Crippen LogP contribution in [0, 0.1) is 0 Å². The number of rotatable bonds is 3. The van der Waals surface area contributed by atoms with Gasteiger partial charge >= 0.3 is 6.18 Å². The van der Waals surface area contributed by atoms with Crippen molar-refractivity contribution >= 4 is 5.91 Å². The molecular formula is C17H23F3N4O. The van der Waals surface area contributed by atoms with Gasteiger partial charge in [0.05, 0.1) is 5.56 Å². The Labute approximate surface area is 145 Å². The Balaban J connectivity index is 1.50. The third-order valence-corrected chi connectivity index (χ3v) is 5.05. The van der Waals surface area contributed by atoms with Crippen LogP contribution in [0.1, 0.15) is 29.9 Å². The first-order valence-electron chi connectivity index (χ1n) is 8.56. The number of carbonyl (C=O) groups excluding carboxylic acids is 1. The Bertz CT molecular complexity index is 603. The molecule has 5 nitrogen and oxygen atoms in total. The lowest BCUT2D eigenvalue weighted by Gasteiger charge is -2.48. The molecule has 0 radical (unpaired) electrons. The van der Waals surface area contributed by atoms with Gasteiger partial charge in [-0.1, -0.05) is 0 Å². The summed E-state index contributed by atoms with van der Waals surface area (Å²) in [7, 11) is 0. The van der Waals surface area contributed by atoms with Crippen LogP contribution in [0.2, 0.25) is 0 Å². The predicted molar refractivity (Wildman–Crippen MR) is 87.2 cm³/mol. The van der Waals surface area contributed by atoms with Crippen molar-refractivity contribution in [3.63, 3.8) is 0 Å². The van der Waals surface area contributed by atoms with E-state index in [9.17, 15) is 18.0 Å². The number of halogens is 3. The number of carbonyl (C=O) groups is 1. The zero-order chi connectivity index (χ0) is 18.2. The minimum Gasteiger partial charge on any atom is -0.335 e. The molecule has 3 rings (SSSR count). The van der Waals surface area contributed by atoms with E-state index in [1.54, 1.807) is 4.90 Å². The molecule has 25 heavy (non-hydrogen) atoms. The molecule has 3 heterocycles. The lowest BCUT2D eigenvalue weighted by Crippen LogP contribution is -2.64. The van der Waals surface area contributed by atoms with E-state index in [2.05, 4.69) is 28.6 Å². The van der Waals surface area contributed by atoms with Gasteiger partial charge in [0.15, 0.2) is 0 Å². The Hall–Kier alpha value is -1.67. The largest absolute Gasteiger partial charge is 0.433 e. The van der Waals surface area contributed by atoms with Gasteiger partial charge < -0.3 is 4.90 Å². The second-order valence-corrected chi connectivity index (χ2v) is 6.96. The lowest BCUT2D eigenvalue weighted by atomic mass is 10.0. The van der Waals surface area contributed by atoms with Gasteiger partial charge in [-0.15, -0.1) is 0 Å². The monoisotopic (exact) mass is 356 g/mol. The molecule has 0 unspecified atom stereocenters. The van der Waals surface area contributed by atoms with Crippen molar-refractivity contribution in [3.05, 3.63) is 29.6 Å². The topological polar surface area (TPSA) is 39.7 Å². The van der Waals surface area contributed by atoms with Gasteiger partial charge in [0.25, 0.3) is 5.91 Å². The second-order valence-electron chi connectivity index (χ2n) is 6.96. The summed E-state index contributed by atoms with van der Waals surface area (Å²) in [5.41, 5.74) is -0.773. The fourth-order valence-corrected chi connectivity index (χ4v) is 3.34. The first-order valence-corrected chi connectivity index (χ1v) is 8.56. The van der Waals surface area contributed by atoms with E-state index in [0.29, 0.717) is 25.2 Å². The smallest absolute Gasteiger partial charge is 0.335 e. The molecule has 0 bridgehead atoms. The van der Waals surface area contributed by atoms with E-state index in [1.807, 2.05) is 0 Å². The van der Waals surface area contributed by atoms with Crippen LogP contribution in [0.3, 0.4) is 0 Å². The van der Waals surface area contributed by atoms with Crippen molar-refractivity contribution < 1.29 is 18.0 Å². The third kappa shape index (κ3) is 3.95. The zero-order valence-electron chi connectivity index (χ0n) is 14.5. The Morgan fingerprint density at radius 2 is 1.80 bits per heavy atom. The maximum Gasteiger partial charge on any atom is 0.433 e. The zero-order valence-corrected chi connectivity index (χ0v) is 14.5. The second kappa shape index (κ2) is 6.92. The van der Waals surface area contributed by atoms with Crippen molar-refractivity contribution in [2.24, 2.45) is 0 Å². The average Bonchev–Trinajstić information content (AvgIpc) is 2.53. The highest BCUT2D eigenvalue weighted by atomic mass is 19.4. The fraction of sp³-hybridized carbons (Fsp3) is 0.647. The molecule has 2 saturated heterocycles. The standard InChI is InChI=1S/C17H23F3N4O/c1-12(2)22-5-7-23(8-6-22)14-10-24(11-14)16(25)13-3-4-15(21-9-13)17(18,19)20/h3-4,9,12,14H,5-8,10-11H2,1-2H3. The minimum absolute atomic E-state index is 0.205. The summed E-state index contributed by atoms with van der Waals surface area (Å²) < 4.78 is 37.6. The number of piperazine rings is 1. The highest BCUT2D eigenvalue weighted by Gasteiger charge is 2.37. The molecule has 0 saturated carbocycles. The molecule has 0 N–H and O–H groups in total. The molecule has 1 aromatic rings. The highest BCUT2D eigenvalue weighted by molar-refractivity contribution is 5.94. The van der Waals surface area contributed by atoms with Crippen molar-refractivity contribution in [1.82, 2.24) is 19.7 Å². The lowest BCUT2D eigenvalue weighted by molar-refractivity contribution is -0.141. The molecule has 0 aromatic carbocycles. The van der Waals surface area contributed by atoms with Gasteiger partial charge in [0.2, 0.25) is 0 Å². The SMILES string of the molecule is CC(C)N1CCN(C2CN(C(=O)c3ccc(C(F)(F)F)nc3)C2)CC1. The molecule has 2 aliphatic heterocycles. The molecule has 2 fully saturated rings. The van der Waals surface area contributed by atoms with E-state index in [0.717, 1.165) is 38.4 Å². The molecule has 0 aliphatic carbocycles. The number of aromatic nitrogens is 1. The van der Waals surface area contributed by atoms with Crippen LogP contribution in [-0.2, 0) is 6.18 Å². The van der Waals surface area contributed by atoms with E-state index in [-0.39, 0.29) is 11.5 Å². The summed E-state index contributed by atoms with van der Waals surface area (Å²) in [6.07, 6.45) is -3.47. The quantitative estimate of drug-likeness (QED) is 0.830. The average molecular weight is 356 g/mol. The van der Waals surface area contributed by atoms with Gasteiger partial charge in [-0.05, 0) is 26.0 Å². The number of nitrogens with zero attached hydrogens (tertiary/aromatic N) is 4. The molecule has 2 aliphatic rings. The summed E-state index contributed by atoms with van der Waals surface area (Å²) in [4.78, 5) is 22.2. The minimum atomic E-state index is -4.48. The summed E-state index contributed by atoms with van der Waals surface area (Å²) in [5, 5.41) is 0. The Kier molecular flexibility index (Phi) is 5.02. The molecule has 138 valence electrons. The Morgan fingerprint density at radius 3 is 2.28 bits per heavy atom. The van der Waals surface area contributed by atoms with Gasteiger partial charge in [-0.25, -0.2) is 0 Å². The van der Waals surface area contributed by atoms with Gasteiger partial charge in [0, 0.05) is 57.5 Å². The summed E-state index contributed by atoms with van der Waals surface area (Å²) >= 11 is 0. The molecular weight excluding hydrogens is 333 g/mol. The van der Waals surface area contributed by atoms with E-state index < -0.39 is 11.9 Å². The highest BCUT2D eigenvalue weighted by Crippen LogP contribution is 2.27. The Morgan fingerprint density at radius 1 is 1.16 bits per heavy atom. The van der Waals surface area contributed by atoms with Crippen molar-refractivity contribution in [2.45, 2.75) is 32.1 Å². The van der Waals surface area contributed by atoms with Crippen LogP contribution in [0.5, 0.6) is 0 Å². The summed E-state index contributed by atoms with van der Waals surface area (Å²) in [5.74, 6) is -0.252. The van der Waals surface area contributed by atoms with E-state index >= 15 is 0 Å². The van der Waals surface area contributed by atoms with Crippen LogP contribution in [0.25, 0.3) is 0 Å². The van der Waals surface area contributed by atoms with Crippen molar-refractivity contribution in [2.75, 3.05) is 39.3 Å². The predicted octanol–water partition coefficient (Wildman–Crippen LogP) is 1.95. The van der Waals surface area contributed by atoms with E-state index in [1.165, 1.54) is 6.07 Å². The number of likely N-dealkylation sites (tertiary alicyclic amines) is 1. The van der Waals surface area contributed by atoms with Crippen molar-refractivity contribution in [1.29, 1.82) is 0 Å². The van der Waals surface area contributed by atoms with Crippen LogP contribution in [-0.4, -0.2) is 76.9 Å². The van der Waals surface area contributed by atoms with Crippen LogP contribution < -0.4 is 0 Å². The molecule has 0 spiro atoms.